The highest BCUT2D eigenvalue weighted by atomic mass is 16.4. The van der Waals surface area contributed by atoms with Crippen molar-refractivity contribution in [1.29, 1.82) is 0 Å². The average Bonchev–Trinajstić information content (AvgIpc) is 2.47. The first-order valence-electron chi connectivity index (χ1n) is 6.72. The van der Waals surface area contributed by atoms with E-state index in [9.17, 15) is 9.59 Å². The Kier molecular flexibility index (Phi) is 4.38. The fraction of sp³-hybridized carbons (Fsp3) is 0.176. The molecule has 0 aliphatic heterocycles. The van der Waals surface area contributed by atoms with Gasteiger partial charge < -0.3 is 10.4 Å². The predicted molar refractivity (Wildman–Crippen MR) is 81.9 cm³/mol. The van der Waals surface area contributed by atoms with Gasteiger partial charge >= 0.3 is 5.97 Å². The van der Waals surface area contributed by atoms with Gasteiger partial charge in [0.1, 0.15) is 0 Å². The molecule has 4 nitrogen and oxygen atoms in total. The van der Waals surface area contributed by atoms with Crippen molar-refractivity contribution in [3.8, 4) is 0 Å². The number of hydrogen-bond donors (Lipinski definition) is 2. The number of carbonyl (C=O) groups is 2. The van der Waals surface area contributed by atoms with Crippen LogP contribution in [0.5, 0.6) is 0 Å². The fourth-order valence-electron chi connectivity index (χ4n) is 2.10. The summed E-state index contributed by atoms with van der Waals surface area (Å²) in [4.78, 5) is 23.2. The van der Waals surface area contributed by atoms with Crippen molar-refractivity contribution in [2.45, 2.75) is 19.8 Å². The average molecular weight is 283 g/mol. The summed E-state index contributed by atoms with van der Waals surface area (Å²) >= 11 is 0. The number of carboxylic acids is 1. The number of hydrogen-bond acceptors (Lipinski definition) is 2. The van der Waals surface area contributed by atoms with Crippen LogP contribution in [-0.4, -0.2) is 17.0 Å². The zero-order valence-corrected chi connectivity index (χ0v) is 12.0. The molecule has 0 atom stereocenters. The molecule has 0 radical (unpaired) electrons. The van der Waals surface area contributed by atoms with Gasteiger partial charge in [-0.25, -0.2) is 4.79 Å². The molecule has 2 aromatic carbocycles. The summed E-state index contributed by atoms with van der Waals surface area (Å²) in [7, 11) is 0. The van der Waals surface area contributed by atoms with E-state index in [1.165, 1.54) is 12.1 Å². The van der Waals surface area contributed by atoms with Crippen molar-refractivity contribution >= 4 is 17.6 Å². The SMILES string of the molecule is CC(C)c1ccccc1NC(=O)c1cccc(C(=O)O)c1. The molecule has 108 valence electrons. The lowest BCUT2D eigenvalue weighted by molar-refractivity contribution is 0.0697. The predicted octanol–water partition coefficient (Wildman–Crippen LogP) is 3.76. The van der Waals surface area contributed by atoms with Gasteiger partial charge in [-0.3, -0.25) is 4.79 Å². The van der Waals surface area contributed by atoms with E-state index < -0.39 is 5.97 Å². The largest absolute Gasteiger partial charge is 0.478 e. The zero-order chi connectivity index (χ0) is 15.4. The molecule has 21 heavy (non-hydrogen) atoms. The van der Waals surface area contributed by atoms with Crippen LogP contribution < -0.4 is 5.32 Å². The third-order valence-electron chi connectivity index (χ3n) is 3.20. The summed E-state index contributed by atoms with van der Waals surface area (Å²) in [5, 5.41) is 11.8. The second-order valence-electron chi connectivity index (χ2n) is 5.08. The standard InChI is InChI=1S/C17H17NO3/c1-11(2)14-8-3-4-9-15(14)18-16(19)12-6-5-7-13(10-12)17(20)21/h3-11H,1-2H3,(H,18,19)(H,20,21). The monoisotopic (exact) mass is 283 g/mol. The van der Waals surface area contributed by atoms with Crippen LogP contribution in [0.3, 0.4) is 0 Å². The first kappa shape index (κ1) is 14.8. The number of nitrogens with one attached hydrogen (secondary N) is 1. The van der Waals surface area contributed by atoms with Gasteiger partial charge in [0, 0.05) is 11.3 Å². The van der Waals surface area contributed by atoms with Crippen molar-refractivity contribution in [3.63, 3.8) is 0 Å². The Morgan fingerprint density at radius 1 is 1.00 bits per heavy atom. The third-order valence-corrected chi connectivity index (χ3v) is 3.20. The van der Waals surface area contributed by atoms with Gasteiger partial charge in [0.2, 0.25) is 0 Å². The summed E-state index contributed by atoms with van der Waals surface area (Å²) < 4.78 is 0. The Balaban J connectivity index is 2.26. The van der Waals surface area contributed by atoms with E-state index in [2.05, 4.69) is 19.2 Å². The van der Waals surface area contributed by atoms with Gasteiger partial charge in [-0.1, -0.05) is 38.1 Å². The van der Waals surface area contributed by atoms with E-state index in [4.69, 9.17) is 5.11 Å². The first-order chi connectivity index (χ1) is 9.99. The Labute approximate surface area is 123 Å². The van der Waals surface area contributed by atoms with Crippen molar-refractivity contribution in [1.82, 2.24) is 0 Å². The van der Waals surface area contributed by atoms with E-state index in [1.807, 2.05) is 24.3 Å². The van der Waals surface area contributed by atoms with Gasteiger partial charge in [-0.2, -0.15) is 0 Å². The number of para-hydroxylation sites is 1. The van der Waals surface area contributed by atoms with Crippen LogP contribution in [-0.2, 0) is 0 Å². The van der Waals surface area contributed by atoms with Crippen LogP contribution in [0.15, 0.2) is 48.5 Å². The topological polar surface area (TPSA) is 66.4 Å². The number of aromatic carboxylic acids is 1. The van der Waals surface area contributed by atoms with E-state index in [-0.39, 0.29) is 17.4 Å². The highest BCUT2D eigenvalue weighted by Crippen LogP contribution is 2.24. The van der Waals surface area contributed by atoms with Crippen LogP contribution in [0.2, 0.25) is 0 Å². The minimum Gasteiger partial charge on any atom is -0.478 e. The first-order valence-corrected chi connectivity index (χ1v) is 6.72. The van der Waals surface area contributed by atoms with Gasteiger partial charge in [0.15, 0.2) is 0 Å². The van der Waals surface area contributed by atoms with Crippen LogP contribution >= 0.6 is 0 Å². The summed E-state index contributed by atoms with van der Waals surface area (Å²) in [5.41, 5.74) is 2.21. The maximum Gasteiger partial charge on any atom is 0.335 e. The molecule has 0 saturated heterocycles. The Hall–Kier alpha value is -2.62. The minimum atomic E-state index is -1.05. The second-order valence-corrected chi connectivity index (χ2v) is 5.08. The molecule has 0 aromatic heterocycles. The van der Waals surface area contributed by atoms with Crippen LogP contribution in [0.25, 0.3) is 0 Å². The van der Waals surface area contributed by atoms with Crippen molar-refractivity contribution < 1.29 is 14.7 Å². The lowest BCUT2D eigenvalue weighted by atomic mass is 10.0. The minimum absolute atomic E-state index is 0.0970. The lowest BCUT2D eigenvalue weighted by Gasteiger charge is -2.13. The van der Waals surface area contributed by atoms with Gasteiger partial charge in [0.05, 0.1) is 5.56 Å². The molecule has 2 rings (SSSR count). The van der Waals surface area contributed by atoms with E-state index in [1.54, 1.807) is 12.1 Å². The molecule has 4 heteroatoms. The number of anilines is 1. The number of carbonyl (C=O) groups excluding carboxylic acids is 1. The molecule has 0 saturated carbocycles. The Bertz CT molecular complexity index is 677. The second kappa shape index (κ2) is 6.22. The molecule has 0 bridgehead atoms. The molecule has 0 fully saturated rings. The maximum atomic E-state index is 12.3. The van der Waals surface area contributed by atoms with E-state index >= 15 is 0 Å². The smallest absolute Gasteiger partial charge is 0.335 e. The highest BCUT2D eigenvalue weighted by Gasteiger charge is 2.12. The molecular weight excluding hydrogens is 266 g/mol. The summed E-state index contributed by atoms with van der Waals surface area (Å²) in [6.45, 7) is 4.10. The zero-order valence-electron chi connectivity index (χ0n) is 12.0. The molecule has 0 heterocycles. The van der Waals surface area contributed by atoms with Crippen LogP contribution in [0.1, 0.15) is 46.0 Å². The molecule has 1 amide bonds. The molecule has 0 aliphatic carbocycles. The normalized spacial score (nSPS) is 10.4. The van der Waals surface area contributed by atoms with Crippen LogP contribution in [0.4, 0.5) is 5.69 Å². The quantitative estimate of drug-likeness (QED) is 0.897. The molecule has 0 unspecified atom stereocenters. The maximum absolute atomic E-state index is 12.3. The third kappa shape index (κ3) is 3.48. The van der Waals surface area contributed by atoms with Crippen LogP contribution in [0, 0.1) is 0 Å². The molecule has 2 aromatic rings. The molecule has 2 N–H and O–H groups in total. The Morgan fingerprint density at radius 3 is 2.33 bits per heavy atom. The molecule has 0 aliphatic rings. The molecular formula is C17H17NO3. The van der Waals surface area contributed by atoms with E-state index in [0.717, 1.165) is 11.3 Å². The summed E-state index contributed by atoms with van der Waals surface area (Å²) in [5.74, 6) is -1.08. The molecule has 0 spiro atoms. The van der Waals surface area contributed by atoms with Crippen molar-refractivity contribution in [3.05, 3.63) is 65.2 Å². The number of benzene rings is 2. The van der Waals surface area contributed by atoms with Crippen molar-refractivity contribution in [2.75, 3.05) is 5.32 Å². The number of amides is 1. The van der Waals surface area contributed by atoms with Gasteiger partial charge in [-0.05, 0) is 35.7 Å². The number of carboxylic acid groups (broad SMARTS) is 1. The summed E-state index contributed by atoms with van der Waals surface area (Å²) in [6, 6.07) is 13.6. The lowest BCUT2D eigenvalue weighted by Crippen LogP contribution is -2.14. The highest BCUT2D eigenvalue weighted by molar-refractivity contribution is 6.05. The van der Waals surface area contributed by atoms with Gasteiger partial charge in [-0.15, -0.1) is 0 Å². The summed E-state index contributed by atoms with van der Waals surface area (Å²) in [6.07, 6.45) is 0. The fourth-order valence-corrected chi connectivity index (χ4v) is 2.10. The number of rotatable bonds is 4. The van der Waals surface area contributed by atoms with Crippen molar-refractivity contribution in [2.24, 2.45) is 0 Å². The Morgan fingerprint density at radius 2 is 1.67 bits per heavy atom. The van der Waals surface area contributed by atoms with E-state index in [0.29, 0.717) is 5.56 Å². The van der Waals surface area contributed by atoms with Gasteiger partial charge in [0.25, 0.3) is 5.91 Å².